The van der Waals surface area contributed by atoms with Crippen LogP contribution in [0.1, 0.15) is 25.8 Å². The van der Waals surface area contributed by atoms with Crippen LogP contribution in [0.4, 0.5) is 4.79 Å². The first-order chi connectivity index (χ1) is 9.58. The zero-order valence-corrected chi connectivity index (χ0v) is 12.2. The summed E-state index contributed by atoms with van der Waals surface area (Å²) in [6.07, 6.45) is 0.777. The molecule has 0 spiro atoms. The van der Waals surface area contributed by atoms with Crippen molar-refractivity contribution in [3.05, 3.63) is 35.9 Å². The van der Waals surface area contributed by atoms with Gasteiger partial charge in [0, 0.05) is 6.54 Å². The zero-order valence-electron chi connectivity index (χ0n) is 12.2. The number of ether oxygens (including phenoxy) is 1. The Labute approximate surface area is 119 Å². The van der Waals surface area contributed by atoms with Gasteiger partial charge in [-0.2, -0.15) is 0 Å². The Morgan fingerprint density at radius 3 is 2.45 bits per heavy atom. The number of benzene rings is 1. The molecule has 0 aliphatic rings. The Hall–Kier alpha value is -2.04. The summed E-state index contributed by atoms with van der Waals surface area (Å²) in [5, 5.41) is 5.39. The predicted octanol–water partition coefficient (Wildman–Crippen LogP) is 2.07. The number of methoxy groups -OCH3 is 1. The van der Waals surface area contributed by atoms with Gasteiger partial charge in [-0.3, -0.25) is 0 Å². The molecule has 2 unspecified atom stereocenters. The molecule has 0 heterocycles. The topological polar surface area (TPSA) is 67.4 Å². The van der Waals surface area contributed by atoms with Crippen molar-refractivity contribution in [3.63, 3.8) is 0 Å². The Kier molecular flexibility index (Phi) is 6.56. The van der Waals surface area contributed by atoms with E-state index in [1.807, 2.05) is 44.2 Å². The van der Waals surface area contributed by atoms with Crippen molar-refractivity contribution < 1.29 is 14.3 Å². The third-order valence-corrected chi connectivity index (χ3v) is 3.25. The zero-order chi connectivity index (χ0) is 15.0. The van der Waals surface area contributed by atoms with Gasteiger partial charge in [-0.1, -0.05) is 50.6 Å². The van der Waals surface area contributed by atoms with Gasteiger partial charge in [0.1, 0.15) is 6.04 Å². The number of carbonyl (C=O) groups excluding carboxylic acids is 2. The van der Waals surface area contributed by atoms with E-state index in [2.05, 4.69) is 10.6 Å². The van der Waals surface area contributed by atoms with E-state index in [1.54, 1.807) is 0 Å². The third-order valence-electron chi connectivity index (χ3n) is 3.25. The average Bonchev–Trinajstić information content (AvgIpc) is 2.50. The minimum atomic E-state index is -0.624. The molecule has 0 radical (unpaired) electrons. The Bertz CT molecular complexity index is 434. The highest BCUT2D eigenvalue weighted by atomic mass is 16.5. The van der Waals surface area contributed by atoms with Gasteiger partial charge >= 0.3 is 12.0 Å². The molecule has 0 bridgehead atoms. The lowest BCUT2D eigenvalue weighted by Gasteiger charge is -2.22. The molecule has 0 aromatic heterocycles. The molecule has 2 amide bonds. The van der Waals surface area contributed by atoms with Gasteiger partial charge in [0.2, 0.25) is 0 Å². The molecule has 2 N–H and O–H groups in total. The molecule has 1 rings (SSSR count). The number of nitrogens with one attached hydrogen (secondary N) is 2. The molecule has 1 aromatic carbocycles. The summed E-state index contributed by atoms with van der Waals surface area (Å²) in [5.74, 6) is -0.404. The van der Waals surface area contributed by atoms with E-state index < -0.39 is 12.0 Å². The fraction of sp³-hybridized carbons (Fsp3) is 0.467. The lowest BCUT2D eigenvalue weighted by molar-refractivity contribution is -0.144. The molecule has 5 heteroatoms. The first kappa shape index (κ1) is 16.0. The van der Waals surface area contributed by atoms with Gasteiger partial charge < -0.3 is 15.4 Å². The minimum Gasteiger partial charge on any atom is -0.467 e. The number of esters is 1. The fourth-order valence-electron chi connectivity index (χ4n) is 1.77. The number of amides is 2. The predicted molar refractivity (Wildman–Crippen MR) is 77.1 cm³/mol. The molecule has 0 aliphatic carbocycles. The maximum Gasteiger partial charge on any atom is 0.328 e. The SMILES string of the molecule is CCC(C)C(NC(=O)NCc1ccccc1)C(=O)OC. The normalized spacial score (nSPS) is 13.2. The van der Waals surface area contributed by atoms with Crippen molar-refractivity contribution in [1.82, 2.24) is 10.6 Å². The standard InChI is InChI=1S/C15H22N2O3/c1-4-11(2)13(14(18)20-3)17-15(19)16-10-12-8-6-5-7-9-12/h5-9,11,13H,4,10H2,1-3H3,(H2,16,17,19). The summed E-state index contributed by atoms with van der Waals surface area (Å²) in [5.41, 5.74) is 1.00. The van der Waals surface area contributed by atoms with Crippen molar-refractivity contribution in [2.45, 2.75) is 32.9 Å². The van der Waals surface area contributed by atoms with Crippen molar-refractivity contribution in [3.8, 4) is 0 Å². The first-order valence-electron chi connectivity index (χ1n) is 6.74. The van der Waals surface area contributed by atoms with E-state index in [-0.39, 0.29) is 11.9 Å². The van der Waals surface area contributed by atoms with Gasteiger partial charge in [0.25, 0.3) is 0 Å². The van der Waals surface area contributed by atoms with E-state index in [9.17, 15) is 9.59 Å². The lowest BCUT2D eigenvalue weighted by atomic mass is 9.99. The van der Waals surface area contributed by atoms with Crippen molar-refractivity contribution in [2.24, 2.45) is 5.92 Å². The van der Waals surface area contributed by atoms with E-state index >= 15 is 0 Å². The number of hydrogen-bond donors (Lipinski definition) is 2. The van der Waals surface area contributed by atoms with E-state index in [0.29, 0.717) is 6.54 Å². The van der Waals surface area contributed by atoms with Crippen LogP contribution in [0.15, 0.2) is 30.3 Å². The van der Waals surface area contributed by atoms with Crippen LogP contribution >= 0.6 is 0 Å². The van der Waals surface area contributed by atoms with Gasteiger partial charge in [-0.25, -0.2) is 9.59 Å². The van der Waals surface area contributed by atoms with Crippen LogP contribution in [-0.2, 0) is 16.1 Å². The quantitative estimate of drug-likeness (QED) is 0.783. The summed E-state index contributed by atoms with van der Waals surface area (Å²) in [6.45, 7) is 4.28. The van der Waals surface area contributed by atoms with E-state index in [4.69, 9.17) is 4.74 Å². The molecule has 5 nitrogen and oxygen atoms in total. The van der Waals surface area contributed by atoms with Crippen LogP contribution in [0.25, 0.3) is 0 Å². The monoisotopic (exact) mass is 278 g/mol. The highest BCUT2D eigenvalue weighted by Crippen LogP contribution is 2.09. The second-order valence-electron chi connectivity index (χ2n) is 4.70. The maximum atomic E-state index is 11.8. The maximum absolute atomic E-state index is 11.8. The van der Waals surface area contributed by atoms with Gasteiger partial charge in [-0.05, 0) is 11.5 Å². The average molecular weight is 278 g/mol. The Balaban J connectivity index is 2.51. The van der Waals surface area contributed by atoms with Crippen LogP contribution in [0.3, 0.4) is 0 Å². The van der Waals surface area contributed by atoms with Gasteiger partial charge in [0.15, 0.2) is 0 Å². The first-order valence-corrected chi connectivity index (χ1v) is 6.74. The summed E-state index contributed by atoms with van der Waals surface area (Å²) >= 11 is 0. The lowest BCUT2D eigenvalue weighted by Crippen LogP contribution is -2.49. The fourth-order valence-corrected chi connectivity index (χ4v) is 1.77. The minimum absolute atomic E-state index is 0.0184. The summed E-state index contributed by atoms with van der Waals surface area (Å²) in [4.78, 5) is 23.5. The smallest absolute Gasteiger partial charge is 0.328 e. The number of hydrogen-bond acceptors (Lipinski definition) is 3. The van der Waals surface area contributed by atoms with Crippen LogP contribution in [0.5, 0.6) is 0 Å². The molecule has 0 aliphatic heterocycles. The largest absolute Gasteiger partial charge is 0.467 e. The van der Waals surface area contributed by atoms with Crippen molar-refractivity contribution >= 4 is 12.0 Å². The van der Waals surface area contributed by atoms with Gasteiger partial charge in [0.05, 0.1) is 7.11 Å². The van der Waals surface area contributed by atoms with Crippen LogP contribution in [0, 0.1) is 5.92 Å². The number of carbonyl (C=O) groups is 2. The summed E-state index contributed by atoms with van der Waals surface area (Å²) in [7, 11) is 1.32. The molecule has 1 aromatic rings. The third kappa shape index (κ3) is 4.91. The molecular formula is C15H22N2O3. The molecule has 0 saturated heterocycles. The molecule has 110 valence electrons. The van der Waals surface area contributed by atoms with Crippen LogP contribution in [-0.4, -0.2) is 25.2 Å². The highest BCUT2D eigenvalue weighted by Gasteiger charge is 2.26. The van der Waals surface area contributed by atoms with E-state index in [0.717, 1.165) is 12.0 Å². The van der Waals surface area contributed by atoms with Crippen molar-refractivity contribution in [2.75, 3.05) is 7.11 Å². The second kappa shape index (κ2) is 8.19. The second-order valence-corrected chi connectivity index (χ2v) is 4.70. The molecule has 0 saturated carbocycles. The van der Waals surface area contributed by atoms with Crippen molar-refractivity contribution in [1.29, 1.82) is 0 Å². The molecule has 2 atom stereocenters. The number of rotatable bonds is 6. The summed E-state index contributed by atoms with van der Waals surface area (Å²) < 4.78 is 4.72. The molecule has 20 heavy (non-hydrogen) atoms. The Morgan fingerprint density at radius 2 is 1.90 bits per heavy atom. The van der Waals surface area contributed by atoms with E-state index in [1.165, 1.54) is 7.11 Å². The van der Waals surface area contributed by atoms with Crippen LogP contribution in [0.2, 0.25) is 0 Å². The summed E-state index contributed by atoms with van der Waals surface area (Å²) in [6, 6.07) is 8.58. The van der Waals surface area contributed by atoms with Crippen LogP contribution < -0.4 is 10.6 Å². The Morgan fingerprint density at radius 1 is 1.25 bits per heavy atom. The van der Waals surface area contributed by atoms with Gasteiger partial charge in [-0.15, -0.1) is 0 Å². The highest BCUT2D eigenvalue weighted by molar-refractivity contribution is 5.83. The molecule has 0 fully saturated rings. The number of urea groups is 1. The molecular weight excluding hydrogens is 256 g/mol.